The van der Waals surface area contributed by atoms with Crippen molar-refractivity contribution in [2.75, 3.05) is 5.75 Å². The number of nitrogens with zero attached hydrogens (tertiary/aromatic N) is 1. The summed E-state index contributed by atoms with van der Waals surface area (Å²) in [5.41, 5.74) is 2.35. The summed E-state index contributed by atoms with van der Waals surface area (Å²) in [5, 5.41) is 3.46. The smallest absolute Gasteiger partial charge is 0.243 e. The number of rotatable bonds is 2. The van der Waals surface area contributed by atoms with E-state index in [2.05, 4.69) is 44.3 Å². The molecular weight excluding hydrogens is 356 g/mol. The van der Waals surface area contributed by atoms with Crippen molar-refractivity contribution in [2.24, 2.45) is 17.3 Å². The highest BCUT2D eigenvalue weighted by Gasteiger charge is 2.54. The number of fused-ring (bicyclic) bond motifs is 2. The molecule has 146 valence electrons. The fourth-order valence-electron chi connectivity index (χ4n) is 5.10. The molecule has 4 rings (SSSR count). The van der Waals surface area contributed by atoms with Crippen LogP contribution in [0, 0.1) is 17.3 Å². The molecule has 1 aliphatic carbocycles. The Morgan fingerprint density at radius 3 is 2.78 bits per heavy atom. The first-order valence-electron chi connectivity index (χ1n) is 10.1. The third-order valence-corrected chi connectivity index (χ3v) is 7.86. The van der Waals surface area contributed by atoms with Crippen LogP contribution < -0.4 is 5.32 Å². The Hall–Kier alpha value is -1.49. The molecule has 0 bridgehead atoms. The zero-order valence-corrected chi connectivity index (χ0v) is 17.5. The van der Waals surface area contributed by atoms with E-state index in [4.69, 9.17) is 0 Å². The number of carbonyl (C=O) groups is 2. The van der Waals surface area contributed by atoms with E-state index in [-0.39, 0.29) is 40.6 Å². The van der Waals surface area contributed by atoms with Crippen LogP contribution in [-0.2, 0) is 16.0 Å². The first kappa shape index (κ1) is 18.9. The molecule has 0 spiro atoms. The van der Waals surface area contributed by atoms with Gasteiger partial charge in [-0.2, -0.15) is 0 Å². The van der Waals surface area contributed by atoms with Crippen molar-refractivity contribution in [1.82, 2.24) is 10.2 Å². The minimum Gasteiger partial charge on any atom is -0.347 e. The van der Waals surface area contributed by atoms with Gasteiger partial charge in [0.25, 0.3) is 0 Å². The molecule has 0 unspecified atom stereocenters. The maximum absolute atomic E-state index is 13.5. The van der Waals surface area contributed by atoms with Crippen LogP contribution in [0.2, 0.25) is 0 Å². The highest BCUT2D eigenvalue weighted by Crippen LogP contribution is 2.47. The molecule has 2 heterocycles. The van der Waals surface area contributed by atoms with E-state index in [0.29, 0.717) is 5.92 Å². The third kappa shape index (κ3) is 3.18. The van der Waals surface area contributed by atoms with Gasteiger partial charge in [0.05, 0.1) is 11.4 Å². The van der Waals surface area contributed by atoms with Gasteiger partial charge >= 0.3 is 0 Å². The molecule has 0 radical (unpaired) electrons. The summed E-state index contributed by atoms with van der Waals surface area (Å²) in [6, 6.07) is 8.04. The van der Waals surface area contributed by atoms with E-state index in [1.807, 2.05) is 29.7 Å². The number of amides is 2. The third-order valence-electron chi connectivity index (χ3n) is 6.61. The van der Waals surface area contributed by atoms with Gasteiger partial charge in [-0.3, -0.25) is 9.59 Å². The lowest BCUT2D eigenvalue weighted by atomic mass is 9.83. The fourth-order valence-corrected chi connectivity index (χ4v) is 6.79. The lowest BCUT2D eigenvalue weighted by Crippen LogP contribution is -2.53. The number of benzene rings is 1. The maximum atomic E-state index is 13.5. The Bertz CT molecular complexity index is 762. The van der Waals surface area contributed by atoms with Crippen LogP contribution in [-0.4, -0.2) is 33.9 Å². The first-order chi connectivity index (χ1) is 12.8. The molecule has 1 aromatic rings. The number of thioether (sulfide) groups is 1. The summed E-state index contributed by atoms with van der Waals surface area (Å²) in [6.45, 7) is 8.47. The molecule has 5 heteroatoms. The van der Waals surface area contributed by atoms with Gasteiger partial charge in [-0.05, 0) is 47.5 Å². The van der Waals surface area contributed by atoms with E-state index >= 15 is 0 Å². The molecule has 1 N–H and O–H groups in total. The van der Waals surface area contributed by atoms with Crippen molar-refractivity contribution in [3.8, 4) is 0 Å². The van der Waals surface area contributed by atoms with Crippen LogP contribution in [0.25, 0.3) is 0 Å². The summed E-state index contributed by atoms with van der Waals surface area (Å²) in [5.74, 6) is 1.53. The Labute approximate surface area is 166 Å². The lowest BCUT2D eigenvalue weighted by molar-refractivity contribution is -0.144. The van der Waals surface area contributed by atoms with Crippen LogP contribution in [0.15, 0.2) is 24.3 Å². The molecule has 2 fully saturated rings. The minimum atomic E-state index is -0.386. The Balaban J connectivity index is 1.61. The second-order valence-electron chi connectivity index (χ2n) is 9.22. The van der Waals surface area contributed by atoms with Crippen LogP contribution in [0.1, 0.15) is 57.7 Å². The van der Waals surface area contributed by atoms with Crippen molar-refractivity contribution in [1.29, 1.82) is 0 Å². The van der Waals surface area contributed by atoms with Crippen molar-refractivity contribution in [2.45, 2.75) is 64.4 Å². The number of nitrogens with one attached hydrogen (secondary N) is 1. The van der Waals surface area contributed by atoms with E-state index < -0.39 is 0 Å². The summed E-state index contributed by atoms with van der Waals surface area (Å²) in [6.07, 6.45) is 2.77. The molecule has 0 aromatic heterocycles. The highest BCUT2D eigenvalue weighted by atomic mass is 32.2. The predicted molar refractivity (Wildman–Crippen MR) is 109 cm³/mol. The largest absolute Gasteiger partial charge is 0.347 e. The molecule has 0 saturated carbocycles. The summed E-state index contributed by atoms with van der Waals surface area (Å²) >= 11 is 1.84. The molecule has 5 atom stereocenters. The Morgan fingerprint density at radius 1 is 1.26 bits per heavy atom. The molecule has 1 aromatic carbocycles. The van der Waals surface area contributed by atoms with Gasteiger partial charge in [0.15, 0.2) is 0 Å². The van der Waals surface area contributed by atoms with Crippen molar-refractivity contribution >= 4 is 23.6 Å². The number of hydrogen-bond acceptors (Lipinski definition) is 3. The first-order valence-corrected chi connectivity index (χ1v) is 11.2. The normalized spacial score (nSPS) is 34.7. The molecular formula is C22H30N2O2S. The molecule has 2 aliphatic heterocycles. The lowest BCUT2D eigenvalue weighted by Gasteiger charge is -2.34. The number of carbonyl (C=O) groups excluding carboxylic acids is 2. The zero-order chi connectivity index (χ0) is 19.3. The molecule has 2 amide bonds. The highest BCUT2D eigenvalue weighted by molar-refractivity contribution is 7.99. The SMILES string of the molecule is C[C@@H]1Cc2ccccc2[C@@H]1NC(=O)[C@H]1N2C(=O)[C@@H](C)CCS[C@H]2CC1(C)C. The van der Waals surface area contributed by atoms with Gasteiger partial charge in [-0.1, -0.05) is 52.0 Å². The van der Waals surface area contributed by atoms with Crippen LogP contribution in [0.4, 0.5) is 0 Å². The predicted octanol–water partition coefficient (Wildman–Crippen LogP) is 3.76. The fraction of sp³-hybridized carbons (Fsp3) is 0.636. The quantitative estimate of drug-likeness (QED) is 0.842. The summed E-state index contributed by atoms with van der Waals surface area (Å²) < 4.78 is 0. The maximum Gasteiger partial charge on any atom is 0.243 e. The Kier molecular flexibility index (Phi) is 4.77. The van der Waals surface area contributed by atoms with Crippen molar-refractivity contribution < 1.29 is 9.59 Å². The molecule has 2 saturated heterocycles. The van der Waals surface area contributed by atoms with Crippen LogP contribution in [0.3, 0.4) is 0 Å². The molecule has 27 heavy (non-hydrogen) atoms. The van der Waals surface area contributed by atoms with Gasteiger partial charge in [0.1, 0.15) is 6.04 Å². The standard InChI is InChI=1S/C22H30N2O2S/c1-13-9-10-27-17-12-22(3,4)19(24(17)21(13)26)20(25)23-18-14(2)11-15-7-5-6-8-16(15)18/h5-8,13-14,17-19H,9-12H2,1-4H3,(H,23,25)/t13-,14+,17-,18+,19+/m0/s1. The second-order valence-corrected chi connectivity index (χ2v) is 10.5. The van der Waals surface area contributed by atoms with Crippen molar-refractivity contribution in [3.05, 3.63) is 35.4 Å². The average molecular weight is 387 g/mol. The van der Waals surface area contributed by atoms with Gasteiger partial charge in [0, 0.05) is 5.92 Å². The van der Waals surface area contributed by atoms with Gasteiger partial charge in [0.2, 0.25) is 11.8 Å². The average Bonchev–Trinajstić information content (AvgIpc) is 3.02. The summed E-state index contributed by atoms with van der Waals surface area (Å²) in [4.78, 5) is 28.5. The Morgan fingerprint density at radius 2 is 2.00 bits per heavy atom. The van der Waals surface area contributed by atoms with Gasteiger partial charge in [-0.15, -0.1) is 11.8 Å². The van der Waals surface area contributed by atoms with Crippen LogP contribution >= 0.6 is 11.8 Å². The van der Waals surface area contributed by atoms with Gasteiger partial charge < -0.3 is 10.2 Å². The molecule has 4 nitrogen and oxygen atoms in total. The molecule has 3 aliphatic rings. The van der Waals surface area contributed by atoms with Crippen LogP contribution in [0.5, 0.6) is 0 Å². The number of hydrogen-bond donors (Lipinski definition) is 1. The van der Waals surface area contributed by atoms with E-state index in [9.17, 15) is 9.59 Å². The minimum absolute atomic E-state index is 0.00201. The van der Waals surface area contributed by atoms with E-state index in [1.54, 1.807) is 0 Å². The summed E-state index contributed by atoms with van der Waals surface area (Å²) in [7, 11) is 0. The monoisotopic (exact) mass is 386 g/mol. The van der Waals surface area contributed by atoms with Gasteiger partial charge in [-0.25, -0.2) is 0 Å². The zero-order valence-electron chi connectivity index (χ0n) is 16.7. The topological polar surface area (TPSA) is 49.4 Å². The second kappa shape index (κ2) is 6.84. The van der Waals surface area contributed by atoms with E-state index in [1.165, 1.54) is 11.1 Å². The van der Waals surface area contributed by atoms with E-state index in [0.717, 1.165) is 25.0 Å². The van der Waals surface area contributed by atoms with Crippen molar-refractivity contribution in [3.63, 3.8) is 0 Å².